The minimum Gasteiger partial charge on any atom is -0.449 e. The predicted molar refractivity (Wildman–Crippen MR) is 55.1 cm³/mol. The number of rotatable bonds is 4. The summed E-state index contributed by atoms with van der Waals surface area (Å²) in [6, 6.07) is 0. The number of nitrogens with zero attached hydrogens (tertiary/aromatic N) is 1. The maximum atomic E-state index is 11.1. The number of carbonyl (C=O) groups is 2. The summed E-state index contributed by atoms with van der Waals surface area (Å²) >= 11 is 0. The maximum Gasteiger partial charge on any atom is 0.513 e. The van der Waals surface area contributed by atoms with Gasteiger partial charge in [-0.1, -0.05) is 6.58 Å². The van der Waals surface area contributed by atoms with Gasteiger partial charge < -0.3 is 14.6 Å². The van der Waals surface area contributed by atoms with E-state index in [2.05, 4.69) is 16.2 Å². The molecule has 1 saturated heterocycles. The number of morpholine rings is 1. The summed E-state index contributed by atoms with van der Waals surface area (Å²) in [5, 5.41) is 8.24. The van der Waals surface area contributed by atoms with Gasteiger partial charge in [0.1, 0.15) is 0 Å². The third-order valence-corrected chi connectivity index (χ3v) is 2.30. The molecule has 0 aliphatic carbocycles. The minimum absolute atomic E-state index is 0.175. The molecule has 1 fully saturated rings. The van der Waals surface area contributed by atoms with E-state index in [0.29, 0.717) is 26.2 Å². The van der Waals surface area contributed by atoms with Crippen LogP contribution in [0, 0.1) is 0 Å². The Balaban J connectivity index is 2.23. The van der Waals surface area contributed by atoms with Gasteiger partial charge >= 0.3 is 12.1 Å². The van der Waals surface area contributed by atoms with Crippen LogP contribution in [-0.2, 0) is 14.3 Å². The summed E-state index contributed by atoms with van der Waals surface area (Å²) in [5.41, 5.74) is 0.175. The summed E-state index contributed by atoms with van der Waals surface area (Å²) < 4.78 is 9.16. The highest BCUT2D eigenvalue weighted by Gasteiger charge is 2.15. The molecule has 0 bridgehead atoms. The van der Waals surface area contributed by atoms with Gasteiger partial charge in [0.15, 0.2) is 0 Å². The molecule has 0 atom stereocenters. The normalized spacial score (nSPS) is 16.8. The lowest BCUT2D eigenvalue weighted by atomic mass is 10.2. The SMILES string of the molecule is C=C(CCN1CCOCC1)C(=O)OC(=O)O. The first-order valence-corrected chi connectivity index (χ1v) is 5.02. The van der Waals surface area contributed by atoms with E-state index in [1.54, 1.807) is 0 Å². The number of carboxylic acid groups (broad SMARTS) is 1. The first kappa shape index (κ1) is 12.7. The Kier molecular flexibility index (Phi) is 4.94. The van der Waals surface area contributed by atoms with Crippen molar-refractivity contribution in [3.8, 4) is 0 Å². The van der Waals surface area contributed by atoms with Crippen LogP contribution in [0.2, 0.25) is 0 Å². The van der Waals surface area contributed by atoms with Crippen molar-refractivity contribution in [1.29, 1.82) is 0 Å². The zero-order chi connectivity index (χ0) is 12.0. The van der Waals surface area contributed by atoms with Crippen LogP contribution in [0.4, 0.5) is 4.79 Å². The van der Waals surface area contributed by atoms with Gasteiger partial charge in [0.2, 0.25) is 0 Å². The number of esters is 1. The lowest BCUT2D eigenvalue weighted by Crippen LogP contribution is -2.37. The van der Waals surface area contributed by atoms with Gasteiger partial charge in [0, 0.05) is 25.2 Å². The van der Waals surface area contributed by atoms with Crippen molar-refractivity contribution >= 4 is 12.1 Å². The molecule has 6 nitrogen and oxygen atoms in total. The molecular weight excluding hydrogens is 214 g/mol. The Bertz CT molecular complexity index is 283. The lowest BCUT2D eigenvalue weighted by molar-refractivity contribution is -0.134. The molecule has 6 heteroatoms. The average Bonchev–Trinajstić information content (AvgIpc) is 2.26. The predicted octanol–water partition coefficient (Wildman–Crippen LogP) is 0.486. The maximum absolute atomic E-state index is 11.1. The van der Waals surface area contributed by atoms with Crippen molar-refractivity contribution in [3.05, 3.63) is 12.2 Å². The van der Waals surface area contributed by atoms with Crippen LogP contribution in [0.1, 0.15) is 6.42 Å². The van der Waals surface area contributed by atoms with Crippen LogP contribution >= 0.6 is 0 Å². The van der Waals surface area contributed by atoms with Crippen molar-refractivity contribution in [3.63, 3.8) is 0 Å². The van der Waals surface area contributed by atoms with Gasteiger partial charge in [-0.2, -0.15) is 0 Å². The Morgan fingerprint density at radius 3 is 2.56 bits per heavy atom. The van der Waals surface area contributed by atoms with Gasteiger partial charge in [-0.25, -0.2) is 9.59 Å². The second-order valence-corrected chi connectivity index (χ2v) is 3.46. The van der Waals surface area contributed by atoms with E-state index in [1.165, 1.54) is 0 Å². The van der Waals surface area contributed by atoms with Crippen LogP contribution < -0.4 is 0 Å². The van der Waals surface area contributed by atoms with Gasteiger partial charge in [0.05, 0.1) is 13.2 Å². The van der Waals surface area contributed by atoms with Crippen molar-refractivity contribution in [2.24, 2.45) is 0 Å². The number of carbonyl (C=O) groups excluding carboxylic acids is 1. The molecule has 0 saturated carbocycles. The highest BCUT2D eigenvalue weighted by Crippen LogP contribution is 2.05. The molecule has 0 unspecified atom stereocenters. The first-order valence-electron chi connectivity index (χ1n) is 5.02. The highest BCUT2D eigenvalue weighted by atomic mass is 16.7. The quantitative estimate of drug-likeness (QED) is 0.429. The van der Waals surface area contributed by atoms with E-state index in [-0.39, 0.29) is 5.57 Å². The average molecular weight is 229 g/mol. The van der Waals surface area contributed by atoms with Crippen LogP contribution in [0.25, 0.3) is 0 Å². The fourth-order valence-corrected chi connectivity index (χ4v) is 1.37. The standard InChI is InChI=1S/C10H15NO5/c1-8(9(12)16-10(13)14)2-3-11-4-6-15-7-5-11/h1-7H2,(H,13,14). The molecule has 0 amide bonds. The van der Waals surface area contributed by atoms with Crippen molar-refractivity contribution in [2.75, 3.05) is 32.8 Å². The van der Waals surface area contributed by atoms with Crippen LogP contribution in [-0.4, -0.2) is 55.0 Å². The Hall–Kier alpha value is -1.40. The van der Waals surface area contributed by atoms with Crippen LogP contribution in [0.3, 0.4) is 0 Å². The van der Waals surface area contributed by atoms with E-state index in [9.17, 15) is 9.59 Å². The van der Waals surface area contributed by atoms with Crippen LogP contribution in [0.15, 0.2) is 12.2 Å². The number of hydrogen-bond acceptors (Lipinski definition) is 5. The summed E-state index contributed by atoms with van der Waals surface area (Å²) in [5.74, 6) is -0.874. The monoisotopic (exact) mass is 229 g/mol. The van der Waals surface area contributed by atoms with Crippen molar-refractivity contribution < 1.29 is 24.2 Å². The second kappa shape index (κ2) is 6.24. The van der Waals surface area contributed by atoms with E-state index in [4.69, 9.17) is 9.84 Å². The molecule has 1 rings (SSSR count). The molecule has 16 heavy (non-hydrogen) atoms. The fraction of sp³-hybridized carbons (Fsp3) is 0.600. The highest BCUT2D eigenvalue weighted by molar-refractivity contribution is 5.93. The summed E-state index contributed by atoms with van der Waals surface area (Å²) in [4.78, 5) is 23.3. The third-order valence-electron chi connectivity index (χ3n) is 2.30. The van der Waals surface area contributed by atoms with Crippen molar-refractivity contribution in [1.82, 2.24) is 4.90 Å². The number of hydrogen-bond donors (Lipinski definition) is 1. The van der Waals surface area contributed by atoms with E-state index < -0.39 is 12.1 Å². The molecule has 1 N–H and O–H groups in total. The molecule has 0 aromatic rings. The molecule has 0 aromatic heterocycles. The lowest BCUT2D eigenvalue weighted by Gasteiger charge is -2.26. The van der Waals surface area contributed by atoms with Gasteiger partial charge in [0.25, 0.3) is 0 Å². The molecular formula is C10H15NO5. The second-order valence-electron chi connectivity index (χ2n) is 3.46. The molecule has 0 aromatic carbocycles. The van der Waals surface area contributed by atoms with Gasteiger partial charge in [-0.3, -0.25) is 4.90 Å². The summed E-state index contributed by atoms with van der Waals surface area (Å²) in [6.07, 6.45) is -1.19. The first-order chi connectivity index (χ1) is 7.59. The minimum atomic E-state index is -1.60. The Labute approximate surface area is 93.4 Å². The van der Waals surface area contributed by atoms with Gasteiger partial charge in [-0.15, -0.1) is 0 Å². The van der Waals surface area contributed by atoms with Crippen molar-refractivity contribution in [2.45, 2.75) is 6.42 Å². The van der Waals surface area contributed by atoms with Gasteiger partial charge in [-0.05, 0) is 6.42 Å². The molecule has 90 valence electrons. The summed E-state index contributed by atoms with van der Waals surface area (Å²) in [6.45, 7) is 7.17. The largest absolute Gasteiger partial charge is 0.513 e. The molecule has 0 spiro atoms. The molecule has 0 radical (unpaired) electrons. The third kappa shape index (κ3) is 4.41. The summed E-state index contributed by atoms with van der Waals surface area (Å²) in [7, 11) is 0. The van der Waals surface area contributed by atoms with E-state index in [1.807, 2.05) is 0 Å². The number of ether oxygens (including phenoxy) is 2. The zero-order valence-corrected chi connectivity index (χ0v) is 8.98. The molecule has 1 heterocycles. The Morgan fingerprint density at radius 2 is 2.00 bits per heavy atom. The Morgan fingerprint density at radius 1 is 1.38 bits per heavy atom. The molecule has 1 aliphatic heterocycles. The molecule has 1 aliphatic rings. The smallest absolute Gasteiger partial charge is 0.449 e. The van der Waals surface area contributed by atoms with E-state index >= 15 is 0 Å². The topological polar surface area (TPSA) is 76.1 Å². The van der Waals surface area contributed by atoms with Crippen LogP contribution in [0.5, 0.6) is 0 Å². The van der Waals surface area contributed by atoms with E-state index in [0.717, 1.165) is 13.1 Å². The zero-order valence-electron chi connectivity index (χ0n) is 8.98. The fourth-order valence-electron chi connectivity index (χ4n) is 1.37.